The van der Waals surface area contributed by atoms with Crippen LogP contribution in [0.5, 0.6) is 0 Å². The summed E-state index contributed by atoms with van der Waals surface area (Å²) >= 11 is 0. The number of carbonyl (C=O) groups excluding carboxylic acids is 1. The van der Waals surface area contributed by atoms with Gasteiger partial charge < -0.3 is 15.0 Å². The molecule has 2 amide bonds. The number of halogens is 2. The molecule has 2 heterocycles. The lowest BCUT2D eigenvalue weighted by Crippen LogP contribution is -2.51. The quantitative estimate of drug-likeness (QED) is 0.930. The lowest BCUT2D eigenvalue weighted by Gasteiger charge is -2.28. The molecule has 5 nitrogen and oxygen atoms in total. The topological polar surface area (TPSA) is 54.5 Å². The third-order valence-corrected chi connectivity index (χ3v) is 3.80. The van der Waals surface area contributed by atoms with Crippen LogP contribution in [-0.2, 0) is 4.74 Å². The second kappa shape index (κ2) is 5.93. The molecule has 0 saturated carbocycles. The monoisotopic (exact) mass is 299 g/mol. The SMILES string of the molecule is Cc1cnccc1[C@H](C)N(C)C(=O)N[C@H]1COCC1(F)F. The predicted molar refractivity (Wildman–Crippen MR) is 73.2 cm³/mol. The Morgan fingerprint density at radius 2 is 2.33 bits per heavy atom. The molecule has 0 radical (unpaired) electrons. The van der Waals surface area contributed by atoms with Crippen LogP contribution in [0.15, 0.2) is 18.5 Å². The van der Waals surface area contributed by atoms with Gasteiger partial charge in [0, 0.05) is 19.4 Å². The molecule has 1 fully saturated rings. The first-order chi connectivity index (χ1) is 9.83. The van der Waals surface area contributed by atoms with E-state index in [4.69, 9.17) is 4.74 Å². The van der Waals surface area contributed by atoms with Crippen molar-refractivity contribution in [1.29, 1.82) is 0 Å². The van der Waals surface area contributed by atoms with Gasteiger partial charge in [-0.15, -0.1) is 0 Å². The Labute approximate surface area is 122 Å². The fraction of sp³-hybridized carbons (Fsp3) is 0.571. The van der Waals surface area contributed by atoms with Crippen LogP contribution in [-0.4, -0.2) is 48.1 Å². The molecule has 0 bridgehead atoms. The van der Waals surface area contributed by atoms with Gasteiger partial charge >= 0.3 is 6.03 Å². The minimum atomic E-state index is -3.02. The first-order valence-corrected chi connectivity index (χ1v) is 6.72. The van der Waals surface area contributed by atoms with E-state index >= 15 is 0 Å². The van der Waals surface area contributed by atoms with Crippen molar-refractivity contribution in [2.24, 2.45) is 0 Å². The number of ether oxygens (including phenoxy) is 1. The van der Waals surface area contributed by atoms with Crippen LogP contribution in [0.2, 0.25) is 0 Å². The zero-order valence-electron chi connectivity index (χ0n) is 12.3. The van der Waals surface area contributed by atoms with E-state index in [9.17, 15) is 13.6 Å². The smallest absolute Gasteiger partial charge is 0.318 e. The molecular formula is C14H19F2N3O2. The van der Waals surface area contributed by atoms with Crippen molar-refractivity contribution >= 4 is 6.03 Å². The summed E-state index contributed by atoms with van der Waals surface area (Å²) in [5.41, 5.74) is 1.87. The lowest BCUT2D eigenvalue weighted by molar-refractivity contribution is -0.0223. The van der Waals surface area contributed by atoms with Crippen molar-refractivity contribution in [3.05, 3.63) is 29.6 Å². The maximum absolute atomic E-state index is 13.5. The van der Waals surface area contributed by atoms with Crippen LogP contribution < -0.4 is 5.32 Å². The number of hydrogen-bond donors (Lipinski definition) is 1. The second-order valence-electron chi connectivity index (χ2n) is 5.30. The number of alkyl halides is 2. The summed E-state index contributed by atoms with van der Waals surface area (Å²) in [4.78, 5) is 17.5. The molecule has 1 N–H and O–H groups in total. The maximum Gasteiger partial charge on any atom is 0.318 e. The number of pyridine rings is 1. The van der Waals surface area contributed by atoms with Gasteiger partial charge in [-0.05, 0) is 31.0 Å². The zero-order valence-corrected chi connectivity index (χ0v) is 12.3. The highest BCUT2D eigenvalue weighted by atomic mass is 19.3. The Balaban J connectivity index is 2.04. The van der Waals surface area contributed by atoms with E-state index in [1.54, 1.807) is 19.4 Å². The maximum atomic E-state index is 13.5. The molecular weight excluding hydrogens is 280 g/mol. The van der Waals surface area contributed by atoms with Gasteiger partial charge in [0.05, 0.1) is 12.6 Å². The van der Waals surface area contributed by atoms with Crippen molar-refractivity contribution in [2.45, 2.75) is 31.9 Å². The average Bonchev–Trinajstić information content (AvgIpc) is 2.77. The molecule has 7 heteroatoms. The van der Waals surface area contributed by atoms with Crippen molar-refractivity contribution < 1.29 is 18.3 Å². The van der Waals surface area contributed by atoms with Crippen molar-refractivity contribution in [1.82, 2.24) is 15.2 Å². The molecule has 21 heavy (non-hydrogen) atoms. The molecule has 0 aromatic carbocycles. The summed E-state index contributed by atoms with van der Waals surface area (Å²) in [6, 6.07) is -0.257. The van der Waals surface area contributed by atoms with E-state index < -0.39 is 24.6 Å². The summed E-state index contributed by atoms with van der Waals surface area (Å²) in [7, 11) is 1.58. The Morgan fingerprint density at radius 1 is 1.62 bits per heavy atom. The van der Waals surface area contributed by atoms with Gasteiger partial charge in [0.25, 0.3) is 5.92 Å². The molecule has 116 valence electrons. The third kappa shape index (κ3) is 3.29. The van der Waals surface area contributed by atoms with E-state index in [1.165, 1.54) is 4.90 Å². The van der Waals surface area contributed by atoms with Crippen LogP contribution in [0.4, 0.5) is 13.6 Å². The average molecular weight is 299 g/mol. The number of nitrogens with one attached hydrogen (secondary N) is 1. The molecule has 1 aliphatic rings. The number of carbonyl (C=O) groups is 1. The fourth-order valence-corrected chi connectivity index (χ4v) is 2.27. The Morgan fingerprint density at radius 3 is 2.90 bits per heavy atom. The predicted octanol–water partition coefficient (Wildman–Crippen LogP) is 2.13. The van der Waals surface area contributed by atoms with Crippen LogP contribution >= 0.6 is 0 Å². The van der Waals surface area contributed by atoms with E-state index in [0.717, 1.165) is 11.1 Å². The van der Waals surface area contributed by atoms with Gasteiger partial charge in [-0.1, -0.05) is 0 Å². The minimum absolute atomic E-state index is 0.171. The van der Waals surface area contributed by atoms with Crippen molar-refractivity contribution in [3.8, 4) is 0 Å². The van der Waals surface area contributed by atoms with Crippen LogP contribution in [0.25, 0.3) is 0 Å². The molecule has 1 aromatic heterocycles. The molecule has 0 aliphatic carbocycles. The number of hydrogen-bond acceptors (Lipinski definition) is 3. The normalized spacial score (nSPS) is 21.9. The lowest BCUT2D eigenvalue weighted by atomic mass is 10.0. The molecule has 0 spiro atoms. The molecule has 1 saturated heterocycles. The van der Waals surface area contributed by atoms with E-state index in [2.05, 4.69) is 10.3 Å². The Bertz CT molecular complexity index is 525. The Hall–Kier alpha value is -1.76. The highest BCUT2D eigenvalue weighted by molar-refractivity contribution is 5.75. The van der Waals surface area contributed by atoms with Crippen molar-refractivity contribution in [3.63, 3.8) is 0 Å². The minimum Gasteiger partial charge on any atom is -0.373 e. The number of nitrogens with zero attached hydrogens (tertiary/aromatic N) is 2. The second-order valence-corrected chi connectivity index (χ2v) is 5.30. The molecule has 1 aliphatic heterocycles. The van der Waals surface area contributed by atoms with Gasteiger partial charge in [-0.2, -0.15) is 0 Å². The Kier molecular flexibility index (Phi) is 4.41. The first-order valence-electron chi connectivity index (χ1n) is 6.72. The molecule has 2 rings (SSSR count). The number of urea groups is 1. The van der Waals surface area contributed by atoms with Gasteiger partial charge in [0.2, 0.25) is 0 Å². The van der Waals surface area contributed by atoms with Gasteiger partial charge in [-0.25, -0.2) is 13.6 Å². The zero-order chi connectivity index (χ0) is 15.6. The van der Waals surface area contributed by atoms with Crippen LogP contribution in [0.3, 0.4) is 0 Å². The van der Waals surface area contributed by atoms with Crippen molar-refractivity contribution in [2.75, 3.05) is 20.3 Å². The van der Waals surface area contributed by atoms with Gasteiger partial charge in [0.1, 0.15) is 12.6 Å². The molecule has 0 unspecified atom stereocenters. The summed E-state index contributed by atoms with van der Waals surface area (Å²) in [5, 5.41) is 2.34. The first kappa shape index (κ1) is 15.6. The van der Waals surface area contributed by atoms with E-state index in [0.29, 0.717) is 0 Å². The van der Waals surface area contributed by atoms with Crippen LogP contribution in [0.1, 0.15) is 24.1 Å². The van der Waals surface area contributed by atoms with Gasteiger partial charge in [0.15, 0.2) is 0 Å². The number of aromatic nitrogens is 1. The largest absolute Gasteiger partial charge is 0.373 e. The molecule has 1 aromatic rings. The number of rotatable bonds is 3. The van der Waals surface area contributed by atoms with E-state index in [1.807, 2.05) is 19.9 Å². The summed E-state index contributed by atoms with van der Waals surface area (Å²) < 4.78 is 31.6. The standard InChI is InChI=1S/C14H19F2N3O2/c1-9-6-17-5-4-11(9)10(2)19(3)13(20)18-12-7-21-8-14(12,15)16/h4-6,10,12H,7-8H2,1-3H3,(H,18,20)/t10-,12-/m0/s1. The highest BCUT2D eigenvalue weighted by Gasteiger charge is 2.46. The molecule has 2 atom stereocenters. The number of amides is 2. The summed E-state index contributed by atoms with van der Waals surface area (Å²) in [6.07, 6.45) is 3.35. The summed E-state index contributed by atoms with van der Waals surface area (Å²) in [6.45, 7) is 2.91. The summed E-state index contributed by atoms with van der Waals surface area (Å²) in [5.74, 6) is -3.02. The van der Waals surface area contributed by atoms with Crippen LogP contribution in [0, 0.1) is 6.92 Å². The van der Waals surface area contributed by atoms with E-state index in [-0.39, 0.29) is 12.6 Å². The fourth-order valence-electron chi connectivity index (χ4n) is 2.27. The van der Waals surface area contributed by atoms with Gasteiger partial charge in [-0.3, -0.25) is 4.98 Å². The number of aryl methyl sites for hydroxylation is 1. The highest BCUT2D eigenvalue weighted by Crippen LogP contribution is 2.26. The third-order valence-electron chi connectivity index (χ3n) is 3.80.